The number of aromatic nitrogens is 1. The van der Waals surface area contributed by atoms with Crippen LogP contribution in [0.2, 0.25) is 0 Å². The number of carbonyl (C=O) groups is 2. The van der Waals surface area contributed by atoms with Crippen molar-refractivity contribution in [3.63, 3.8) is 0 Å². The number of hydrogen-bond acceptors (Lipinski definition) is 4. The molecule has 0 aromatic carbocycles. The first kappa shape index (κ1) is 17.9. The lowest BCUT2D eigenvalue weighted by Gasteiger charge is -2.25. The summed E-state index contributed by atoms with van der Waals surface area (Å²) in [6.07, 6.45) is 4.61. The van der Waals surface area contributed by atoms with Gasteiger partial charge >= 0.3 is 5.97 Å². The van der Waals surface area contributed by atoms with Crippen LogP contribution in [0, 0.1) is 5.92 Å². The van der Waals surface area contributed by atoms with Gasteiger partial charge in [0.15, 0.2) is 0 Å². The van der Waals surface area contributed by atoms with E-state index in [4.69, 9.17) is 5.11 Å². The maximum atomic E-state index is 12.7. The van der Waals surface area contributed by atoms with Crippen molar-refractivity contribution in [1.82, 2.24) is 13.8 Å². The van der Waals surface area contributed by atoms with Crippen molar-refractivity contribution in [2.45, 2.75) is 30.6 Å². The summed E-state index contributed by atoms with van der Waals surface area (Å²) in [6.45, 7) is 1.54. The van der Waals surface area contributed by atoms with Gasteiger partial charge in [0.1, 0.15) is 10.6 Å². The lowest BCUT2D eigenvalue weighted by molar-refractivity contribution is -0.141. The number of likely N-dealkylation sites (tertiary alicyclic amines) is 1. The maximum absolute atomic E-state index is 12.7. The lowest BCUT2D eigenvalue weighted by Crippen LogP contribution is -2.35. The quantitative estimate of drug-likeness (QED) is 0.844. The van der Waals surface area contributed by atoms with Gasteiger partial charge in [-0.2, -0.15) is 4.31 Å². The average molecular weight is 369 g/mol. The normalized spacial score (nSPS) is 22.3. The number of aliphatic carboxylic acids is 1. The molecule has 1 aromatic heterocycles. The molecule has 3 heterocycles. The third-order valence-electron chi connectivity index (χ3n) is 4.98. The summed E-state index contributed by atoms with van der Waals surface area (Å²) in [5.41, 5.74) is 0.265. The maximum Gasteiger partial charge on any atom is 0.308 e. The Labute approximate surface area is 147 Å². The first-order valence-electron chi connectivity index (χ1n) is 8.49. The highest BCUT2D eigenvalue weighted by Crippen LogP contribution is 2.24. The molecule has 0 spiro atoms. The third-order valence-corrected chi connectivity index (χ3v) is 6.84. The molecule has 9 heteroatoms. The molecule has 138 valence electrons. The van der Waals surface area contributed by atoms with Gasteiger partial charge in [-0.25, -0.2) is 8.42 Å². The highest BCUT2D eigenvalue weighted by molar-refractivity contribution is 7.89. The van der Waals surface area contributed by atoms with Gasteiger partial charge in [-0.15, -0.1) is 0 Å². The standard InChI is InChI=1S/C16H23N3O5S/c1-17-11-13(25(23,24)19-6-3-2-4-7-19)9-14(17)15(20)18-8-5-12(10-18)16(21)22/h9,11-12H,2-8,10H2,1H3,(H,21,22). The topological polar surface area (TPSA) is 99.9 Å². The zero-order valence-electron chi connectivity index (χ0n) is 14.2. The molecule has 2 aliphatic heterocycles. The Kier molecular flexibility index (Phi) is 4.88. The van der Waals surface area contributed by atoms with Crippen LogP contribution in [0.4, 0.5) is 0 Å². The second-order valence-electron chi connectivity index (χ2n) is 6.71. The largest absolute Gasteiger partial charge is 0.481 e. The first-order valence-corrected chi connectivity index (χ1v) is 9.93. The van der Waals surface area contributed by atoms with E-state index in [1.165, 1.54) is 26.0 Å². The van der Waals surface area contributed by atoms with Crippen LogP contribution in [0.15, 0.2) is 17.2 Å². The highest BCUT2D eigenvalue weighted by atomic mass is 32.2. The molecule has 0 saturated carbocycles. The minimum Gasteiger partial charge on any atom is -0.481 e. The summed E-state index contributed by atoms with van der Waals surface area (Å²) in [6, 6.07) is 1.40. The van der Waals surface area contributed by atoms with Crippen LogP contribution < -0.4 is 0 Å². The van der Waals surface area contributed by atoms with Gasteiger partial charge in [-0.1, -0.05) is 6.42 Å². The second-order valence-corrected chi connectivity index (χ2v) is 8.65. The zero-order chi connectivity index (χ0) is 18.2. The monoisotopic (exact) mass is 369 g/mol. The summed E-state index contributed by atoms with van der Waals surface area (Å²) in [4.78, 5) is 25.3. The van der Waals surface area contributed by atoms with Crippen molar-refractivity contribution >= 4 is 21.9 Å². The molecule has 0 aliphatic carbocycles. The number of carboxylic acids is 1. The van der Waals surface area contributed by atoms with Gasteiger partial charge in [0, 0.05) is 39.4 Å². The van der Waals surface area contributed by atoms with E-state index in [0.29, 0.717) is 26.1 Å². The van der Waals surface area contributed by atoms with Gasteiger partial charge in [-0.05, 0) is 25.3 Å². The number of hydrogen-bond donors (Lipinski definition) is 1. The van der Waals surface area contributed by atoms with Gasteiger partial charge in [-0.3, -0.25) is 9.59 Å². The van der Waals surface area contributed by atoms with Crippen LogP contribution in [0.3, 0.4) is 0 Å². The molecule has 8 nitrogen and oxygen atoms in total. The minimum absolute atomic E-state index is 0.120. The Hall–Kier alpha value is -1.87. The summed E-state index contributed by atoms with van der Waals surface area (Å²) in [7, 11) is -1.97. The van der Waals surface area contributed by atoms with E-state index in [1.807, 2.05) is 0 Å². The molecule has 1 atom stereocenters. The molecule has 2 aliphatic rings. The summed E-state index contributed by atoms with van der Waals surface area (Å²) in [5, 5.41) is 9.06. The summed E-state index contributed by atoms with van der Waals surface area (Å²) < 4.78 is 28.5. The van der Waals surface area contributed by atoms with E-state index in [0.717, 1.165) is 19.3 Å². The molecule has 1 N–H and O–H groups in total. The predicted molar refractivity (Wildman–Crippen MR) is 89.7 cm³/mol. The number of rotatable bonds is 4. The number of nitrogens with zero attached hydrogens (tertiary/aromatic N) is 3. The van der Waals surface area contributed by atoms with Crippen LogP contribution >= 0.6 is 0 Å². The number of aryl methyl sites for hydroxylation is 1. The Morgan fingerprint density at radius 2 is 1.84 bits per heavy atom. The van der Waals surface area contributed by atoms with E-state index < -0.39 is 21.9 Å². The van der Waals surface area contributed by atoms with Crippen molar-refractivity contribution in [2.75, 3.05) is 26.2 Å². The smallest absolute Gasteiger partial charge is 0.308 e. The van der Waals surface area contributed by atoms with Gasteiger partial charge in [0.2, 0.25) is 10.0 Å². The minimum atomic E-state index is -3.60. The molecule has 25 heavy (non-hydrogen) atoms. The summed E-state index contributed by atoms with van der Waals surface area (Å²) in [5.74, 6) is -1.79. The Bertz CT molecular complexity index is 780. The van der Waals surface area contributed by atoms with Crippen LogP contribution in [0.25, 0.3) is 0 Å². The van der Waals surface area contributed by atoms with Crippen molar-refractivity contribution in [1.29, 1.82) is 0 Å². The van der Waals surface area contributed by atoms with Crippen molar-refractivity contribution in [3.05, 3.63) is 18.0 Å². The number of sulfonamides is 1. The summed E-state index contributed by atoms with van der Waals surface area (Å²) >= 11 is 0. The van der Waals surface area contributed by atoms with E-state index in [9.17, 15) is 18.0 Å². The van der Waals surface area contributed by atoms with Gasteiger partial charge in [0.05, 0.1) is 5.92 Å². The average Bonchev–Trinajstić information content (AvgIpc) is 3.22. The third kappa shape index (κ3) is 3.43. The molecule has 1 amide bonds. The van der Waals surface area contributed by atoms with Crippen LogP contribution in [-0.2, 0) is 21.9 Å². The van der Waals surface area contributed by atoms with E-state index >= 15 is 0 Å². The van der Waals surface area contributed by atoms with Crippen molar-refractivity contribution in [2.24, 2.45) is 13.0 Å². The van der Waals surface area contributed by atoms with Gasteiger partial charge in [0.25, 0.3) is 5.91 Å². The SMILES string of the molecule is Cn1cc(S(=O)(=O)N2CCCCC2)cc1C(=O)N1CCC(C(=O)O)C1. The molecule has 1 aromatic rings. The fourth-order valence-corrected chi connectivity index (χ4v) is 5.04. The van der Waals surface area contributed by atoms with Gasteiger partial charge < -0.3 is 14.6 Å². The molecule has 0 radical (unpaired) electrons. The Balaban J connectivity index is 1.80. The van der Waals surface area contributed by atoms with E-state index in [1.54, 1.807) is 7.05 Å². The molecule has 3 rings (SSSR count). The van der Waals surface area contributed by atoms with E-state index in [-0.39, 0.29) is 23.0 Å². The Morgan fingerprint density at radius 1 is 1.16 bits per heavy atom. The number of piperidine rings is 1. The molecule has 1 unspecified atom stereocenters. The number of amides is 1. The van der Waals surface area contributed by atoms with Crippen molar-refractivity contribution < 1.29 is 23.1 Å². The molecule has 2 saturated heterocycles. The molecule has 0 bridgehead atoms. The predicted octanol–water partition coefficient (Wildman–Crippen LogP) is 0.746. The second kappa shape index (κ2) is 6.80. The fourth-order valence-electron chi connectivity index (χ4n) is 3.45. The first-order chi connectivity index (χ1) is 11.8. The Morgan fingerprint density at radius 3 is 2.44 bits per heavy atom. The van der Waals surface area contributed by atoms with Crippen LogP contribution in [0.5, 0.6) is 0 Å². The number of carboxylic acid groups (broad SMARTS) is 1. The zero-order valence-corrected chi connectivity index (χ0v) is 15.0. The molecular formula is C16H23N3O5S. The fraction of sp³-hybridized carbons (Fsp3) is 0.625. The van der Waals surface area contributed by atoms with Crippen LogP contribution in [-0.4, -0.2) is 65.4 Å². The van der Waals surface area contributed by atoms with E-state index in [2.05, 4.69) is 0 Å². The molecule has 2 fully saturated rings. The number of carbonyl (C=O) groups excluding carboxylic acids is 1. The molecular weight excluding hydrogens is 346 g/mol. The van der Waals surface area contributed by atoms with Crippen LogP contribution in [0.1, 0.15) is 36.2 Å². The highest BCUT2D eigenvalue weighted by Gasteiger charge is 2.34. The lowest BCUT2D eigenvalue weighted by atomic mass is 10.1. The van der Waals surface area contributed by atoms with Crippen molar-refractivity contribution in [3.8, 4) is 0 Å².